The van der Waals surface area contributed by atoms with Gasteiger partial charge in [-0.25, -0.2) is 9.67 Å². The molecular formula is C19H23Cl2N7O. The fourth-order valence-electron chi connectivity index (χ4n) is 4.06. The van der Waals surface area contributed by atoms with Crippen molar-refractivity contribution >= 4 is 45.9 Å². The van der Waals surface area contributed by atoms with Crippen LogP contribution in [-0.4, -0.2) is 61.6 Å². The normalized spacial score (nSPS) is 19.0. The van der Waals surface area contributed by atoms with E-state index in [-0.39, 0.29) is 0 Å². The average molecular weight is 436 g/mol. The maximum atomic E-state index is 6.65. The number of aromatic nitrogens is 5. The van der Waals surface area contributed by atoms with Crippen LogP contribution in [0.25, 0.3) is 11.0 Å². The van der Waals surface area contributed by atoms with Gasteiger partial charge in [-0.05, 0) is 19.8 Å². The molecule has 8 nitrogen and oxygen atoms in total. The highest BCUT2D eigenvalue weighted by atomic mass is 35.5. The number of piperidine rings is 1. The zero-order valence-electron chi connectivity index (χ0n) is 16.2. The van der Waals surface area contributed by atoms with Gasteiger partial charge in [-0.15, -0.1) is 0 Å². The van der Waals surface area contributed by atoms with Crippen LogP contribution in [0.5, 0.6) is 0 Å². The second-order valence-electron chi connectivity index (χ2n) is 7.57. The van der Waals surface area contributed by atoms with Crippen molar-refractivity contribution in [1.82, 2.24) is 29.2 Å². The van der Waals surface area contributed by atoms with Gasteiger partial charge in [0.2, 0.25) is 5.95 Å². The summed E-state index contributed by atoms with van der Waals surface area (Å²) in [6.07, 6.45) is 7.41. The second-order valence-corrected chi connectivity index (χ2v) is 8.34. The van der Waals surface area contributed by atoms with Crippen molar-refractivity contribution in [3.05, 3.63) is 28.8 Å². The minimum atomic E-state index is 0.301. The Morgan fingerprint density at radius 3 is 2.66 bits per heavy atom. The highest BCUT2D eigenvalue weighted by Gasteiger charge is 2.31. The third-order valence-corrected chi connectivity index (χ3v) is 6.55. The van der Waals surface area contributed by atoms with Gasteiger partial charge in [0.1, 0.15) is 5.65 Å². The molecule has 0 aromatic carbocycles. The monoisotopic (exact) mass is 435 g/mol. The smallest absolute Gasteiger partial charge is 0.229 e. The van der Waals surface area contributed by atoms with E-state index >= 15 is 0 Å². The predicted molar refractivity (Wildman–Crippen MR) is 113 cm³/mol. The predicted octanol–water partition coefficient (Wildman–Crippen LogP) is 3.73. The standard InChI is InChI=1S/C19H23Cl2N7O/c1-2-26-9-15(20)14-7-22-19(25-18(14)26)24-16-8-23-28(17(16)21)12-3-5-27(6-4-12)13-10-29-11-13/h7-9,12-13H,2-6,10-11H2,1H3,(H,22,24,25). The van der Waals surface area contributed by atoms with Crippen LogP contribution >= 0.6 is 23.2 Å². The number of nitrogens with one attached hydrogen (secondary N) is 1. The summed E-state index contributed by atoms with van der Waals surface area (Å²) in [5, 5.41) is 9.82. The Kier molecular flexibility index (Phi) is 5.11. The first-order chi connectivity index (χ1) is 14.1. The molecule has 0 aliphatic carbocycles. The Balaban J connectivity index is 1.31. The number of fused-ring (bicyclic) bond motifs is 1. The first-order valence-electron chi connectivity index (χ1n) is 9.97. The Morgan fingerprint density at radius 2 is 1.97 bits per heavy atom. The summed E-state index contributed by atoms with van der Waals surface area (Å²) >= 11 is 12.9. The van der Waals surface area contributed by atoms with Crippen molar-refractivity contribution in [3.8, 4) is 0 Å². The molecule has 3 aromatic heterocycles. The highest BCUT2D eigenvalue weighted by Crippen LogP contribution is 2.32. The van der Waals surface area contributed by atoms with Crippen molar-refractivity contribution in [3.63, 3.8) is 0 Å². The van der Waals surface area contributed by atoms with Gasteiger partial charge in [-0.1, -0.05) is 23.2 Å². The first kappa shape index (κ1) is 19.1. The Morgan fingerprint density at radius 1 is 1.17 bits per heavy atom. The Hall–Kier alpha value is -1.87. The molecule has 0 radical (unpaired) electrons. The van der Waals surface area contributed by atoms with Gasteiger partial charge in [0.15, 0.2) is 5.15 Å². The summed E-state index contributed by atoms with van der Waals surface area (Å²) in [5.41, 5.74) is 1.51. The number of ether oxygens (including phenoxy) is 1. The summed E-state index contributed by atoms with van der Waals surface area (Å²) in [4.78, 5) is 11.5. The van der Waals surface area contributed by atoms with Crippen molar-refractivity contribution in [2.75, 3.05) is 31.6 Å². The summed E-state index contributed by atoms with van der Waals surface area (Å²) < 4.78 is 9.23. The van der Waals surface area contributed by atoms with Crippen LogP contribution in [0.4, 0.5) is 11.6 Å². The molecule has 0 unspecified atom stereocenters. The molecule has 2 aliphatic heterocycles. The summed E-state index contributed by atoms with van der Waals surface area (Å²) in [5.74, 6) is 0.475. The molecule has 154 valence electrons. The lowest BCUT2D eigenvalue weighted by Crippen LogP contribution is -2.51. The highest BCUT2D eigenvalue weighted by molar-refractivity contribution is 6.35. The molecular weight excluding hydrogens is 413 g/mol. The fourth-order valence-corrected chi connectivity index (χ4v) is 4.59. The van der Waals surface area contributed by atoms with Crippen LogP contribution in [0.15, 0.2) is 18.6 Å². The molecule has 10 heteroatoms. The molecule has 0 atom stereocenters. The summed E-state index contributed by atoms with van der Waals surface area (Å²) in [6.45, 7) is 6.65. The van der Waals surface area contributed by atoms with E-state index in [0.717, 1.165) is 56.7 Å². The van der Waals surface area contributed by atoms with E-state index in [1.165, 1.54) is 0 Å². The fraction of sp³-hybridized carbons (Fsp3) is 0.526. The number of rotatable bonds is 5. The van der Waals surface area contributed by atoms with Crippen LogP contribution in [0.3, 0.4) is 0 Å². The van der Waals surface area contributed by atoms with E-state index in [1.54, 1.807) is 12.4 Å². The van der Waals surface area contributed by atoms with Gasteiger partial charge >= 0.3 is 0 Å². The first-order valence-corrected chi connectivity index (χ1v) is 10.7. The molecule has 0 spiro atoms. The molecule has 2 fully saturated rings. The minimum Gasteiger partial charge on any atom is -0.378 e. The van der Waals surface area contributed by atoms with Crippen molar-refractivity contribution in [1.29, 1.82) is 0 Å². The number of likely N-dealkylation sites (tertiary alicyclic amines) is 1. The van der Waals surface area contributed by atoms with Crippen molar-refractivity contribution in [2.45, 2.75) is 38.4 Å². The van der Waals surface area contributed by atoms with E-state index in [0.29, 0.717) is 33.9 Å². The lowest BCUT2D eigenvalue weighted by atomic mass is 10.0. The second kappa shape index (κ2) is 7.75. The molecule has 29 heavy (non-hydrogen) atoms. The molecule has 0 saturated carbocycles. The van der Waals surface area contributed by atoms with Crippen LogP contribution in [0.2, 0.25) is 10.2 Å². The van der Waals surface area contributed by atoms with Gasteiger partial charge in [0, 0.05) is 32.0 Å². The van der Waals surface area contributed by atoms with Gasteiger partial charge in [0.25, 0.3) is 0 Å². The van der Waals surface area contributed by atoms with Crippen LogP contribution in [-0.2, 0) is 11.3 Å². The lowest BCUT2D eigenvalue weighted by Gasteiger charge is -2.41. The van der Waals surface area contributed by atoms with Gasteiger partial charge in [-0.2, -0.15) is 10.1 Å². The molecule has 2 saturated heterocycles. The molecule has 2 aliphatic rings. The van der Waals surface area contributed by atoms with Gasteiger partial charge in [0.05, 0.1) is 47.6 Å². The number of anilines is 2. The van der Waals surface area contributed by atoms with E-state index in [2.05, 4.69) is 32.2 Å². The van der Waals surface area contributed by atoms with Gasteiger partial charge in [-0.3, -0.25) is 4.90 Å². The van der Waals surface area contributed by atoms with Crippen LogP contribution in [0.1, 0.15) is 25.8 Å². The molecule has 5 rings (SSSR count). The largest absolute Gasteiger partial charge is 0.378 e. The number of hydrogen-bond acceptors (Lipinski definition) is 6. The number of nitrogens with zero attached hydrogens (tertiary/aromatic N) is 6. The summed E-state index contributed by atoms with van der Waals surface area (Å²) in [7, 11) is 0. The van der Waals surface area contributed by atoms with E-state index in [9.17, 15) is 0 Å². The van der Waals surface area contributed by atoms with Crippen molar-refractivity contribution < 1.29 is 4.74 Å². The Bertz CT molecular complexity index is 1020. The zero-order chi connectivity index (χ0) is 20.0. The van der Waals surface area contributed by atoms with Gasteiger partial charge < -0.3 is 14.6 Å². The maximum Gasteiger partial charge on any atom is 0.229 e. The minimum absolute atomic E-state index is 0.301. The van der Waals surface area contributed by atoms with E-state index in [4.69, 9.17) is 27.9 Å². The lowest BCUT2D eigenvalue weighted by molar-refractivity contribution is -0.0734. The molecule has 3 aromatic rings. The molecule has 0 bridgehead atoms. The number of aryl methyl sites for hydroxylation is 1. The third kappa shape index (κ3) is 3.48. The average Bonchev–Trinajstić information content (AvgIpc) is 3.21. The van der Waals surface area contributed by atoms with Crippen LogP contribution < -0.4 is 5.32 Å². The third-order valence-electron chi connectivity index (χ3n) is 5.87. The van der Waals surface area contributed by atoms with Crippen LogP contribution in [0, 0.1) is 0 Å². The Labute approximate surface area is 178 Å². The SMILES string of the molecule is CCn1cc(Cl)c2cnc(Nc3cnn(C4CCN(C5COC5)CC4)c3Cl)nc21. The zero-order valence-corrected chi connectivity index (χ0v) is 17.7. The molecule has 1 N–H and O–H groups in total. The quantitative estimate of drug-likeness (QED) is 0.657. The molecule has 0 amide bonds. The maximum absolute atomic E-state index is 6.65. The molecule has 5 heterocycles. The number of halogens is 2. The topological polar surface area (TPSA) is 73.0 Å². The number of hydrogen-bond donors (Lipinski definition) is 1. The van der Waals surface area contributed by atoms with E-state index < -0.39 is 0 Å². The van der Waals surface area contributed by atoms with Crippen molar-refractivity contribution in [2.24, 2.45) is 0 Å². The van der Waals surface area contributed by atoms with E-state index in [1.807, 2.05) is 15.4 Å². The summed E-state index contributed by atoms with van der Waals surface area (Å²) in [6, 6.07) is 0.888.